The van der Waals surface area contributed by atoms with E-state index in [1.54, 1.807) is 0 Å². The number of allylic oxidation sites excluding steroid dienone is 6. The lowest BCUT2D eigenvalue weighted by Crippen LogP contribution is -2.30. The van der Waals surface area contributed by atoms with Crippen LogP contribution in [0.3, 0.4) is 0 Å². The SMILES string of the molecule is CCCCCCC/C=C\C/C=C\CCCCCCCCCCCC(=O)OCC(COC(=O)CCCCCCCCCCCCCCCCCC)OC(=O)CCCCCCCCCCC/C=C\CCCCCCCC. The van der Waals surface area contributed by atoms with E-state index in [2.05, 4.69) is 57.2 Å². The lowest BCUT2D eigenvalue weighted by atomic mass is 10.0. The van der Waals surface area contributed by atoms with E-state index in [9.17, 15) is 14.4 Å². The van der Waals surface area contributed by atoms with Crippen molar-refractivity contribution in [1.82, 2.24) is 0 Å². The van der Waals surface area contributed by atoms with Gasteiger partial charge in [0.15, 0.2) is 6.10 Å². The summed E-state index contributed by atoms with van der Waals surface area (Å²) in [7, 11) is 0. The third-order valence-corrected chi connectivity index (χ3v) is 14.9. The number of esters is 3. The van der Waals surface area contributed by atoms with Crippen LogP contribution in [0.4, 0.5) is 0 Å². The second-order valence-electron chi connectivity index (χ2n) is 22.4. The van der Waals surface area contributed by atoms with Crippen molar-refractivity contribution in [2.75, 3.05) is 13.2 Å². The third kappa shape index (κ3) is 60.5. The van der Waals surface area contributed by atoms with Gasteiger partial charge in [0, 0.05) is 19.3 Å². The lowest BCUT2D eigenvalue weighted by molar-refractivity contribution is -0.167. The topological polar surface area (TPSA) is 78.9 Å². The first-order valence-electron chi connectivity index (χ1n) is 33.0. The molecular formula is C68H126O6. The molecule has 0 aromatic rings. The highest BCUT2D eigenvalue weighted by atomic mass is 16.6. The standard InChI is InChI=1S/C68H126O6/c1-4-7-10-13-16-19-22-25-28-31-33-34-36-37-40-43-46-49-52-55-58-61-67(70)73-64-65(63-72-66(69)60-57-54-51-48-45-42-39-30-27-24-21-18-15-12-9-6-3)74-68(71)62-59-56-53-50-47-44-41-38-35-32-29-26-23-20-17-14-11-8-5-2/h22,25-26,29,31,33,65H,4-21,23-24,27-28,30,32,34-64H2,1-3H3/b25-22-,29-26-,33-31-. The van der Waals surface area contributed by atoms with Crippen LogP contribution >= 0.6 is 0 Å². The fraction of sp³-hybridized carbons (Fsp3) is 0.868. The van der Waals surface area contributed by atoms with Crippen molar-refractivity contribution in [2.45, 2.75) is 367 Å². The maximum atomic E-state index is 12.9. The fourth-order valence-electron chi connectivity index (χ4n) is 9.88. The van der Waals surface area contributed by atoms with Crippen LogP contribution in [0.15, 0.2) is 36.5 Å². The fourth-order valence-corrected chi connectivity index (χ4v) is 9.88. The Bertz CT molecular complexity index is 1240. The van der Waals surface area contributed by atoms with Gasteiger partial charge in [-0.1, -0.05) is 301 Å². The zero-order valence-corrected chi connectivity index (χ0v) is 49.9. The van der Waals surface area contributed by atoms with Crippen LogP contribution in [0.2, 0.25) is 0 Å². The van der Waals surface area contributed by atoms with Gasteiger partial charge < -0.3 is 14.2 Å². The quantitative estimate of drug-likeness (QED) is 0.0261. The molecule has 6 nitrogen and oxygen atoms in total. The van der Waals surface area contributed by atoms with Crippen molar-refractivity contribution in [3.63, 3.8) is 0 Å². The van der Waals surface area contributed by atoms with Crippen LogP contribution in [-0.4, -0.2) is 37.2 Å². The summed E-state index contributed by atoms with van der Waals surface area (Å²) >= 11 is 0. The number of rotatable bonds is 61. The summed E-state index contributed by atoms with van der Waals surface area (Å²) in [6.45, 7) is 6.69. The second kappa shape index (κ2) is 63.2. The van der Waals surface area contributed by atoms with E-state index in [4.69, 9.17) is 14.2 Å². The molecule has 0 bridgehead atoms. The molecule has 0 aliphatic heterocycles. The summed E-state index contributed by atoms with van der Waals surface area (Å²) in [6, 6.07) is 0. The van der Waals surface area contributed by atoms with Crippen molar-refractivity contribution in [3.8, 4) is 0 Å². The first kappa shape index (κ1) is 71.6. The molecule has 0 N–H and O–H groups in total. The first-order valence-corrected chi connectivity index (χ1v) is 33.0. The Morgan fingerprint density at radius 1 is 0.270 bits per heavy atom. The zero-order chi connectivity index (χ0) is 53.6. The summed E-state index contributed by atoms with van der Waals surface area (Å²) in [4.78, 5) is 38.4. The van der Waals surface area contributed by atoms with Crippen LogP contribution in [-0.2, 0) is 28.6 Å². The molecule has 0 aromatic carbocycles. The molecule has 1 unspecified atom stereocenters. The Morgan fingerprint density at radius 2 is 0.486 bits per heavy atom. The van der Waals surface area contributed by atoms with Crippen molar-refractivity contribution in [1.29, 1.82) is 0 Å². The van der Waals surface area contributed by atoms with E-state index in [1.165, 1.54) is 257 Å². The molecule has 0 amide bonds. The molecule has 74 heavy (non-hydrogen) atoms. The molecule has 6 heteroatoms. The van der Waals surface area contributed by atoms with Crippen LogP contribution in [0.1, 0.15) is 361 Å². The van der Waals surface area contributed by atoms with Gasteiger partial charge in [-0.25, -0.2) is 0 Å². The summed E-state index contributed by atoms with van der Waals surface area (Å²) in [5.74, 6) is -0.850. The Labute approximate surface area is 461 Å². The van der Waals surface area contributed by atoms with Gasteiger partial charge in [0.1, 0.15) is 13.2 Å². The second-order valence-corrected chi connectivity index (χ2v) is 22.4. The van der Waals surface area contributed by atoms with Crippen LogP contribution in [0.25, 0.3) is 0 Å². The average molecular weight is 1040 g/mol. The Morgan fingerprint density at radius 3 is 0.757 bits per heavy atom. The molecule has 0 rings (SSSR count). The van der Waals surface area contributed by atoms with E-state index in [0.717, 1.165) is 64.2 Å². The predicted octanol–water partition coefficient (Wildman–Crippen LogP) is 22.4. The normalized spacial score (nSPS) is 12.2. The highest BCUT2D eigenvalue weighted by Crippen LogP contribution is 2.17. The molecule has 0 saturated heterocycles. The lowest BCUT2D eigenvalue weighted by Gasteiger charge is -2.18. The smallest absolute Gasteiger partial charge is 0.306 e. The molecule has 0 aliphatic carbocycles. The van der Waals surface area contributed by atoms with E-state index in [-0.39, 0.29) is 31.1 Å². The summed E-state index contributed by atoms with van der Waals surface area (Å²) in [5.41, 5.74) is 0. The molecule has 0 heterocycles. The Kier molecular flexibility index (Phi) is 61.1. The van der Waals surface area contributed by atoms with Gasteiger partial charge in [-0.3, -0.25) is 14.4 Å². The number of unbranched alkanes of at least 4 members (excludes halogenated alkanes) is 44. The largest absolute Gasteiger partial charge is 0.462 e. The van der Waals surface area contributed by atoms with Crippen molar-refractivity contribution in [3.05, 3.63) is 36.5 Å². The van der Waals surface area contributed by atoms with Crippen molar-refractivity contribution in [2.24, 2.45) is 0 Å². The van der Waals surface area contributed by atoms with Crippen molar-refractivity contribution >= 4 is 17.9 Å². The van der Waals surface area contributed by atoms with Gasteiger partial charge in [0.25, 0.3) is 0 Å². The van der Waals surface area contributed by atoms with Gasteiger partial charge in [-0.15, -0.1) is 0 Å². The maximum absolute atomic E-state index is 12.9. The monoisotopic (exact) mass is 1040 g/mol. The molecule has 0 aromatic heterocycles. The van der Waals surface area contributed by atoms with Crippen LogP contribution in [0, 0.1) is 0 Å². The molecule has 0 radical (unpaired) electrons. The molecule has 0 saturated carbocycles. The highest BCUT2D eigenvalue weighted by molar-refractivity contribution is 5.71. The van der Waals surface area contributed by atoms with Gasteiger partial charge in [-0.2, -0.15) is 0 Å². The van der Waals surface area contributed by atoms with Gasteiger partial charge in [0.2, 0.25) is 0 Å². The highest BCUT2D eigenvalue weighted by Gasteiger charge is 2.19. The minimum absolute atomic E-state index is 0.0696. The van der Waals surface area contributed by atoms with Crippen LogP contribution < -0.4 is 0 Å². The number of carbonyl (C=O) groups is 3. The summed E-state index contributed by atoms with van der Waals surface area (Å²) < 4.78 is 17.0. The Balaban J connectivity index is 4.33. The van der Waals surface area contributed by atoms with Crippen molar-refractivity contribution < 1.29 is 28.6 Å². The molecule has 434 valence electrons. The molecule has 0 spiro atoms. The van der Waals surface area contributed by atoms with E-state index in [1.807, 2.05) is 0 Å². The molecule has 1 atom stereocenters. The molecular weight excluding hydrogens is 913 g/mol. The summed E-state index contributed by atoms with van der Waals surface area (Å²) in [5, 5.41) is 0. The third-order valence-electron chi connectivity index (χ3n) is 14.9. The van der Waals surface area contributed by atoms with E-state index < -0.39 is 6.10 Å². The number of hydrogen-bond acceptors (Lipinski definition) is 6. The minimum atomic E-state index is -0.773. The van der Waals surface area contributed by atoms with Gasteiger partial charge in [-0.05, 0) is 77.0 Å². The molecule has 0 fully saturated rings. The number of hydrogen-bond donors (Lipinski definition) is 0. The summed E-state index contributed by atoms with van der Waals surface area (Å²) in [6.07, 6.45) is 77.2. The van der Waals surface area contributed by atoms with E-state index in [0.29, 0.717) is 19.3 Å². The zero-order valence-electron chi connectivity index (χ0n) is 49.9. The maximum Gasteiger partial charge on any atom is 0.306 e. The average Bonchev–Trinajstić information content (AvgIpc) is 3.40. The van der Waals surface area contributed by atoms with Crippen LogP contribution in [0.5, 0.6) is 0 Å². The number of ether oxygens (including phenoxy) is 3. The molecule has 0 aliphatic rings. The van der Waals surface area contributed by atoms with E-state index >= 15 is 0 Å². The number of carbonyl (C=O) groups excluding carboxylic acids is 3. The predicted molar refractivity (Wildman–Crippen MR) is 321 cm³/mol. The first-order chi connectivity index (χ1) is 36.5. The minimum Gasteiger partial charge on any atom is -0.462 e. The van der Waals surface area contributed by atoms with Gasteiger partial charge >= 0.3 is 17.9 Å². The van der Waals surface area contributed by atoms with Gasteiger partial charge in [0.05, 0.1) is 0 Å². The Hall–Kier alpha value is -2.37.